The number of aromatic nitrogens is 2. The van der Waals surface area contributed by atoms with Crippen molar-refractivity contribution in [2.75, 3.05) is 5.32 Å². The van der Waals surface area contributed by atoms with Crippen molar-refractivity contribution in [3.8, 4) is 0 Å². The molecule has 1 N–H and O–H groups in total. The summed E-state index contributed by atoms with van der Waals surface area (Å²) < 4.78 is 4.82. The van der Waals surface area contributed by atoms with E-state index < -0.39 is 0 Å². The van der Waals surface area contributed by atoms with Crippen LogP contribution in [0.4, 0.5) is 5.69 Å². The number of hydrogen-bond acceptors (Lipinski definition) is 4. The summed E-state index contributed by atoms with van der Waals surface area (Å²) in [6, 6.07) is 7.73. The molecular weight excluding hydrogens is 230 g/mol. The second-order valence-corrected chi connectivity index (χ2v) is 3.97. The van der Waals surface area contributed by atoms with Crippen LogP contribution in [0.3, 0.4) is 0 Å². The van der Waals surface area contributed by atoms with E-state index in [4.69, 9.17) is 4.52 Å². The number of nitrogens with one attached hydrogen (secondary N) is 1. The molecule has 18 heavy (non-hydrogen) atoms. The third-order valence-electron chi connectivity index (χ3n) is 2.56. The number of rotatable bonds is 4. The number of carbonyl (C=O) groups excluding carboxylic acids is 1. The van der Waals surface area contributed by atoms with Crippen LogP contribution in [0.2, 0.25) is 0 Å². The van der Waals surface area contributed by atoms with Crippen molar-refractivity contribution >= 4 is 11.6 Å². The average Bonchev–Trinajstić information content (AvgIpc) is 2.75. The highest BCUT2D eigenvalue weighted by molar-refractivity contribution is 5.92. The molecule has 0 aliphatic carbocycles. The van der Waals surface area contributed by atoms with E-state index in [2.05, 4.69) is 15.5 Å². The molecule has 1 aromatic heterocycles. The first-order valence-corrected chi connectivity index (χ1v) is 5.86. The van der Waals surface area contributed by atoms with Gasteiger partial charge >= 0.3 is 0 Å². The zero-order valence-corrected chi connectivity index (χ0v) is 10.4. The summed E-state index contributed by atoms with van der Waals surface area (Å²) in [5, 5.41) is 6.55. The fourth-order valence-corrected chi connectivity index (χ4v) is 1.70. The number of hydrogen-bond donors (Lipinski definition) is 1. The fraction of sp³-hybridized carbons (Fsp3) is 0.308. The van der Waals surface area contributed by atoms with Crippen LogP contribution in [-0.4, -0.2) is 16.0 Å². The van der Waals surface area contributed by atoms with E-state index in [1.165, 1.54) is 0 Å². The minimum absolute atomic E-state index is 0.120. The third kappa shape index (κ3) is 2.94. The standard InChI is InChI=1S/C13H15N3O2/c1-3-10-6-4-5-7-11(10)15-13(17)8-12-14-9(2)18-16-12/h4-7H,3,8H2,1-2H3,(H,15,17). The van der Waals surface area contributed by atoms with Gasteiger partial charge in [-0.2, -0.15) is 4.98 Å². The van der Waals surface area contributed by atoms with Crippen molar-refractivity contribution in [2.24, 2.45) is 0 Å². The first-order chi connectivity index (χ1) is 8.69. The number of carbonyl (C=O) groups is 1. The van der Waals surface area contributed by atoms with Gasteiger partial charge in [0.2, 0.25) is 11.8 Å². The van der Waals surface area contributed by atoms with Gasteiger partial charge in [-0.15, -0.1) is 0 Å². The fourth-order valence-electron chi connectivity index (χ4n) is 1.70. The van der Waals surface area contributed by atoms with Gasteiger partial charge in [0.25, 0.3) is 0 Å². The molecule has 0 atom stereocenters. The molecule has 0 saturated carbocycles. The molecule has 0 fully saturated rings. The Hall–Kier alpha value is -2.17. The number of para-hydroxylation sites is 1. The van der Waals surface area contributed by atoms with E-state index in [0.29, 0.717) is 11.7 Å². The quantitative estimate of drug-likeness (QED) is 0.895. The van der Waals surface area contributed by atoms with Gasteiger partial charge in [-0.3, -0.25) is 4.79 Å². The van der Waals surface area contributed by atoms with Gasteiger partial charge in [0, 0.05) is 12.6 Å². The van der Waals surface area contributed by atoms with Crippen LogP contribution in [0.5, 0.6) is 0 Å². The van der Waals surface area contributed by atoms with Gasteiger partial charge in [0.1, 0.15) is 0 Å². The lowest BCUT2D eigenvalue weighted by atomic mass is 10.1. The minimum Gasteiger partial charge on any atom is -0.340 e. The average molecular weight is 245 g/mol. The van der Waals surface area contributed by atoms with Crippen molar-refractivity contribution in [3.05, 3.63) is 41.5 Å². The Morgan fingerprint density at radius 2 is 2.17 bits per heavy atom. The Morgan fingerprint density at radius 1 is 1.39 bits per heavy atom. The number of aryl methyl sites for hydroxylation is 2. The van der Waals surface area contributed by atoms with Crippen LogP contribution in [0.15, 0.2) is 28.8 Å². The summed E-state index contributed by atoms with van der Waals surface area (Å²) in [7, 11) is 0. The Kier molecular flexibility index (Phi) is 3.72. The molecule has 0 aliphatic rings. The Bertz CT molecular complexity index is 549. The molecule has 94 valence electrons. The summed E-state index contributed by atoms with van der Waals surface area (Å²) in [6.45, 7) is 3.74. The summed E-state index contributed by atoms with van der Waals surface area (Å²) in [4.78, 5) is 15.8. The molecule has 0 unspecified atom stereocenters. The summed E-state index contributed by atoms with van der Waals surface area (Å²) in [5.41, 5.74) is 1.94. The monoisotopic (exact) mass is 245 g/mol. The molecule has 5 nitrogen and oxygen atoms in total. The summed E-state index contributed by atoms with van der Waals surface area (Å²) >= 11 is 0. The molecule has 0 radical (unpaired) electrons. The van der Waals surface area contributed by atoms with Gasteiger partial charge < -0.3 is 9.84 Å². The van der Waals surface area contributed by atoms with Gasteiger partial charge in [-0.25, -0.2) is 0 Å². The van der Waals surface area contributed by atoms with Gasteiger partial charge in [-0.1, -0.05) is 30.3 Å². The van der Waals surface area contributed by atoms with Gasteiger partial charge in [-0.05, 0) is 18.1 Å². The molecule has 0 saturated heterocycles. The molecule has 2 aromatic rings. The van der Waals surface area contributed by atoms with Crippen molar-refractivity contribution < 1.29 is 9.32 Å². The summed E-state index contributed by atoms with van der Waals surface area (Å²) in [5.74, 6) is 0.724. The Balaban J connectivity index is 2.03. The van der Waals surface area contributed by atoms with E-state index >= 15 is 0 Å². The van der Waals surface area contributed by atoms with Crippen LogP contribution in [0.25, 0.3) is 0 Å². The van der Waals surface area contributed by atoms with Gasteiger partial charge in [0.15, 0.2) is 5.82 Å². The maximum atomic E-state index is 11.8. The molecule has 5 heteroatoms. The molecule has 0 aliphatic heterocycles. The molecule has 1 aromatic carbocycles. The third-order valence-corrected chi connectivity index (χ3v) is 2.56. The van der Waals surface area contributed by atoms with E-state index in [1.54, 1.807) is 6.92 Å². The predicted molar refractivity (Wildman–Crippen MR) is 67.2 cm³/mol. The maximum absolute atomic E-state index is 11.8. The largest absolute Gasteiger partial charge is 0.340 e. The minimum atomic E-state index is -0.142. The van der Waals surface area contributed by atoms with Crippen LogP contribution in [0.1, 0.15) is 24.2 Å². The highest BCUT2D eigenvalue weighted by Crippen LogP contribution is 2.15. The van der Waals surface area contributed by atoms with Crippen LogP contribution < -0.4 is 5.32 Å². The normalized spacial score (nSPS) is 10.3. The number of amides is 1. The SMILES string of the molecule is CCc1ccccc1NC(=O)Cc1noc(C)n1. The lowest BCUT2D eigenvalue weighted by Crippen LogP contribution is -2.16. The first kappa shape index (κ1) is 12.3. The van der Waals surface area contributed by atoms with E-state index in [1.807, 2.05) is 31.2 Å². The Labute approximate surface area is 105 Å². The topological polar surface area (TPSA) is 68.0 Å². The maximum Gasteiger partial charge on any atom is 0.232 e. The molecule has 1 heterocycles. The zero-order chi connectivity index (χ0) is 13.0. The lowest BCUT2D eigenvalue weighted by molar-refractivity contribution is -0.115. The molecule has 1 amide bonds. The predicted octanol–water partition coefficient (Wildman–Crippen LogP) is 2.12. The van der Waals surface area contributed by atoms with E-state index in [0.717, 1.165) is 17.7 Å². The second kappa shape index (κ2) is 5.44. The molecule has 0 bridgehead atoms. The van der Waals surface area contributed by atoms with Crippen molar-refractivity contribution in [1.82, 2.24) is 10.1 Å². The molecule has 0 spiro atoms. The molecule has 2 rings (SSSR count). The number of benzene rings is 1. The van der Waals surface area contributed by atoms with Crippen molar-refractivity contribution in [3.63, 3.8) is 0 Å². The number of anilines is 1. The van der Waals surface area contributed by atoms with Crippen molar-refractivity contribution in [2.45, 2.75) is 26.7 Å². The first-order valence-electron chi connectivity index (χ1n) is 5.86. The lowest BCUT2D eigenvalue weighted by Gasteiger charge is -2.08. The van der Waals surface area contributed by atoms with E-state index in [-0.39, 0.29) is 12.3 Å². The highest BCUT2D eigenvalue weighted by Gasteiger charge is 2.10. The van der Waals surface area contributed by atoms with Crippen LogP contribution in [-0.2, 0) is 17.6 Å². The number of nitrogens with zero attached hydrogens (tertiary/aromatic N) is 2. The van der Waals surface area contributed by atoms with Crippen LogP contribution >= 0.6 is 0 Å². The molecular formula is C13H15N3O2. The smallest absolute Gasteiger partial charge is 0.232 e. The van der Waals surface area contributed by atoms with Crippen LogP contribution in [0, 0.1) is 6.92 Å². The summed E-state index contributed by atoms with van der Waals surface area (Å²) in [6.07, 6.45) is 0.993. The Morgan fingerprint density at radius 3 is 2.83 bits per heavy atom. The zero-order valence-electron chi connectivity index (χ0n) is 10.4. The van der Waals surface area contributed by atoms with E-state index in [9.17, 15) is 4.79 Å². The van der Waals surface area contributed by atoms with Gasteiger partial charge in [0.05, 0.1) is 6.42 Å². The van der Waals surface area contributed by atoms with Crippen molar-refractivity contribution in [1.29, 1.82) is 0 Å². The highest BCUT2D eigenvalue weighted by atomic mass is 16.5. The second-order valence-electron chi connectivity index (χ2n) is 3.97.